The number of carboxylic acids is 1. The van der Waals surface area contributed by atoms with E-state index in [0.717, 1.165) is 0 Å². The highest BCUT2D eigenvalue weighted by Crippen LogP contribution is 2.04. The molecule has 0 bridgehead atoms. The Bertz CT molecular complexity index is 330. The van der Waals surface area contributed by atoms with Crippen LogP contribution in [-0.4, -0.2) is 53.1 Å². The molecule has 0 saturated carbocycles. The quantitative estimate of drug-likeness (QED) is 0.725. The Morgan fingerprint density at radius 2 is 2.17 bits per heavy atom. The minimum absolute atomic E-state index is 0.215. The summed E-state index contributed by atoms with van der Waals surface area (Å²) in [6.07, 6.45) is 2.47. The van der Waals surface area contributed by atoms with Crippen molar-refractivity contribution in [3.05, 3.63) is 0 Å². The van der Waals surface area contributed by atoms with Crippen LogP contribution < -0.4 is 5.32 Å². The van der Waals surface area contributed by atoms with Crippen LogP contribution in [0.15, 0.2) is 0 Å². The molecule has 0 aliphatic carbocycles. The van der Waals surface area contributed by atoms with Crippen molar-refractivity contribution in [2.75, 3.05) is 19.1 Å². The molecule has 6 nitrogen and oxygen atoms in total. The van der Waals surface area contributed by atoms with E-state index in [-0.39, 0.29) is 12.5 Å². The molecule has 0 aliphatic rings. The number of nitrogens with zero attached hydrogens (tertiary/aromatic N) is 2. The highest BCUT2D eigenvalue weighted by atomic mass is 32.2. The molecular weight excluding hydrogens is 254 g/mol. The standard InChI is InChI=1S/C11H19N3O3S/c1-8(4-6-12)14(2)11(17)13-9(10(15)16)5-7-18-3/h8-9H,4-5,7H2,1-3H3,(H,13,17)(H,15,16)/t8?,9-/m1/s1. The summed E-state index contributed by atoms with van der Waals surface area (Å²) >= 11 is 1.53. The van der Waals surface area contributed by atoms with Crippen LogP contribution in [0.3, 0.4) is 0 Å². The number of urea groups is 1. The second-order valence-electron chi connectivity index (χ2n) is 3.94. The van der Waals surface area contributed by atoms with Gasteiger partial charge in [-0.1, -0.05) is 0 Å². The molecule has 0 fully saturated rings. The van der Waals surface area contributed by atoms with E-state index in [9.17, 15) is 9.59 Å². The molecule has 7 heteroatoms. The Labute approximate surface area is 111 Å². The van der Waals surface area contributed by atoms with Crippen molar-refractivity contribution in [2.24, 2.45) is 0 Å². The van der Waals surface area contributed by atoms with Crippen molar-refractivity contribution in [3.63, 3.8) is 0 Å². The van der Waals surface area contributed by atoms with Gasteiger partial charge in [0.1, 0.15) is 6.04 Å². The van der Waals surface area contributed by atoms with Crippen molar-refractivity contribution in [1.82, 2.24) is 10.2 Å². The summed E-state index contributed by atoms with van der Waals surface area (Å²) in [5, 5.41) is 20.0. The van der Waals surface area contributed by atoms with Crippen molar-refractivity contribution in [1.29, 1.82) is 5.26 Å². The zero-order chi connectivity index (χ0) is 14.1. The summed E-state index contributed by atoms with van der Waals surface area (Å²) < 4.78 is 0. The van der Waals surface area contributed by atoms with Gasteiger partial charge in [0.05, 0.1) is 12.5 Å². The van der Waals surface area contributed by atoms with E-state index in [1.54, 1.807) is 14.0 Å². The SMILES string of the molecule is CSCC[C@@H](NC(=O)N(C)C(C)CC#N)C(=O)O. The van der Waals surface area contributed by atoms with E-state index in [1.807, 2.05) is 12.3 Å². The molecule has 0 radical (unpaired) electrons. The van der Waals surface area contributed by atoms with Crippen LogP contribution in [0.1, 0.15) is 19.8 Å². The minimum atomic E-state index is -1.04. The number of carboxylic acid groups (broad SMARTS) is 1. The molecule has 0 spiro atoms. The van der Waals surface area contributed by atoms with Crippen LogP contribution in [0, 0.1) is 11.3 Å². The van der Waals surface area contributed by atoms with Crippen molar-refractivity contribution in [3.8, 4) is 6.07 Å². The second kappa shape index (κ2) is 8.64. The van der Waals surface area contributed by atoms with Gasteiger partial charge in [-0.3, -0.25) is 0 Å². The first-order valence-corrected chi connectivity index (χ1v) is 6.95. The van der Waals surface area contributed by atoms with E-state index < -0.39 is 18.0 Å². The number of hydrogen-bond donors (Lipinski definition) is 2. The van der Waals surface area contributed by atoms with E-state index in [0.29, 0.717) is 12.2 Å². The summed E-state index contributed by atoms with van der Waals surface area (Å²) in [4.78, 5) is 24.1. The number of nitriles is 1. The Morgan fingerprint density at radius 1 is 1.56 bits per heavy atom. The first kappa shape index (κ1) is 16.6. The maximum absolute atomic E-state index is 11.8. The van der Waals surface area contributed by atoms with Crippen LogP contribution in [0.5, 0.6) is 0 Å². The van der Waals surface area contributed by atoms with Gasteiger partial charge in [0, 0.05) is 13.1 Å². The molecule has 2 amide bonds. The molecule has 2 N–H and O–H groups in total. The number of carbonyl (C=O) groups excluding carboxylic acids is 1. The van der Waals surface area contributed by atoms with E-state index in [2.05, 4.69) is 5.32 Å². The fourth-order valence-electron chi connectivity index (χ4n) is 1.21. The molecule has 1 unspecified atom stereocenters. The molecule has 0 aromatic rings. The number of hydrogen-bond acceptors (Lipinski definition) is 4. The zero-order valence-electron chi connectivity index (χ0n) is 10.8. The third-order valence-electron chi connectivity index (χ3n) is 2.57. The lowest BCUT2D eigenvalue weighted by Crippen LogP contribution is -2.49. The van der Waals surface area contributed by atoms with Crippen LogP contribution >= 0.6 is 11.8 Å². The Hall–Kier alpha value is -1.42. The van der Waals surface area contributed by atoms with E-state index in [1.165, 1.54) is 16.7 Å². The fraction of sp³-hybridized carbons (Fsp3) is 0.727. The lowest BCUT2D eigenvalue weighted by Gasteiger charge is -2.25. The maximum Gasteiger partial charge on any atom is 0.326 e. The molecular formula is C11H19N3O3S. The van der Waals surface area contributed by atoms with Crippen molar-refractivity contribution < 1.29 is 14.7 Å². The van der Waals surface area contributed by atoms with Crippen molar-refractivity contribution in [2.45, 2.75) is 31.8 Å². The Kier molecular flexibility index (Phi) is 7.96. The molecule has 102 valence electrons. The van der Waals surface area contributed by atoms with Gasteiger partial charge in [0.15, 0.2) is 0 Å². The molecule has 0 rings (SSSR count). The summed E-state index contributed by atoms with van der Waals surface area (Å²) in [6.45, 7) is 1.74. The van der Waals surface area contributed by atoms with Crippen LogP contribution in [0.25, 0.3) is 0 Å². The molecule has 0 heterocycles. The number of amides is 2. The lowest BCUT2D eigenvalue weighted by molar-refractivity contribution is -0.139. The number of rotatable bonds is 7. The predicted octanol–water partition coefficient (Wildman–Crippen LogP) is 1.14. The van der Waals surface area contributed by atoms with Crippen LogP contribution in [-0.2, 0) is 4.79 Å². The number of carbonyl (C=O) groups is 2. The first-order valence-electron chi connectivity index (χ1n) is 5.56. The molecule has 0 aliphatic heterocycles. The third kappa shape index (κ3) is 5.77. The smallest absolute Gasteiger partial charge is 0.326 e. The summed E-state index contributed by atoms with van der Waals surface area (Å²) in [5.74, 6) is -0.381. The molecule has 0 aromatic carbocycles. The fourth-order valence-corrected chi connectivity index (χ4v) is 1.68. The van der Waals surface area contributed by atoms with Crippen LogP contribution in [0.4, 0.5) is 4.79 Å². The normalized spacial score (nSPS) is 13.2. The van der Waals surface area contributed by atoms with Gasteiger partial charge in [-0.2, -0.15) is 17.0 Å². The number of thioether (sulfide) groups is 1. The summed E-state index contributed by atoms with van der Waals surface area (Å²) in [6, 6.07) is 0.373. The van der Waals surface area contributed by atoms with Gasteiger partial charge in [-0.25, -0.2) is 9.59 Å². The Morgan fingerprint density at radius 3 is 2.61 bits per heavy atom. The van der Waals surface area contributed by atoms with E-state index >= 15 is 0 Å². The maximum atomic E-state index is 11.8. The first-order chi connectivity index (χ1) is 8.43. The second-order valence-corrected chi connectivity index (χ2v) is 4.93. The summed E-state index contributed by atoms with van der Waals surface area (Å²) in [5.41, 5.74) is 0. The minimum Gasteiger partial charge on any atom is -0.480 e. The zero-order valence-corrected chi connectivity index (χ0v) is 11.7. The molecule has 18 heavy (non-hydrogen) atoms. The molecule has 2 atom stereocenters. The molecule has 0 saturated heterocycles. The van der Waals surface area contributed by atoms with Gasteiger partial charge >= 0.3 is 12.0 Å². The van der Waals surface area contributed by atoms with Gasteiger partial charge in [0.25, 0.3) is 0 Å². The van der Waals surface area contributed by atoms with Crippen molar-refractivity contribution >= 4 is 23.8 Å². The summed E-state index contributed by atoms with van der Waals surface area (Å²) in [7, 11) is 1.55. The average molecular weight is 273 g/mol. The predicted molar refractivity (Wildman–Crippen MR) is 70.4 cm³/mol. The number of nitrogens with one attached hydrogen (secondary N) is 1. The lowest BCUT2D eigenvalue weighted by atomic mass is 10.2. The third-order valence-corrected chi connectivity index (χ3v) is 3.22. The number of aliphatic carboxylic acids is 1. The Balaban J connectivity index is 4.41. The van der Waals surface area contributed by atoms with Gasteiger partial charge in [0.2, 0.25) is 0 Å². The largest absolute Gasteiger partial charge is 0.480 e. The topological polar surface area (TPSA) is 93.4 Å². The van der Waals surface area contributed by atoms with Gasteiger partial charge in [-0.05, 0) is 25.4 Å². The average Bonchev–Trinajstić information content (AvgIpc) is 2.33. The van der Waals surface area contributed by atoms with E-state index in [4.69, 9.17) is 10.4 Å². The highest BCUT2D eigenvalue weighted by Gasteiger charge is 2.23. The monoisotopic (exact) mass is 273 g/mol. The highest BCUT2D eigenvalue weighted by molar-refractivity contribution is 7.98. The van der Waals surface area contributed by atoms with Crippen LogP contribution in [0.2, 0.25) is 0 Å². The molecule has 0 aromatic heterocycles. The van der Waals surface area contributed by atoms with Gasteiger partial charge < -0.3 is 15.3 Å². The van der Waals surface area contributed by atoms with Gasteiger partial charge in [-0.15, -0.1) is 0 Å².